The molecule has 0 N–H and O–H groups in total. The summed E-state index contributed by atoms with van der Waals surface area (Å²) in [5.41, 5.74) is 3.50. The van der Waals surface area contributed by atoms with Crippen LogP contribution in [0.3, 0.4) is 0 Å². The Morgan fingerprint density at radius 3 is 2.52 bits per heavy atom. The van der Waals surface area contributed by atoms with E-state index < -0.39 is 8.07 Å². The van der Waals surface area contributed by atoms with Crippen LogP contribution in [0.25, 0.3) is 10.9 Å². The molecule has 0 unspecified atom stereocenters. The number of carbonyl (C=O) groups is 1. The molecule has 0 radical (unpaired) electrons. The SMILES string of the molecule is COc1c(C)c([Si](C)(C)C)c(OC(C)=O)c2cc3n(c12)CCC3. The Bertz CT molecular complexity index is 799. The monoisotopic (exact) mass is 331 g/mol. The van der Waals surface area contributed by atoms with Crippen LogP contribution in [0.5, 0.6) is 11.5 Å². The summed E-state index contributed by atoms with van der Waals surface area (Å²) in [6, 6.07) is 2.19. The molecule has 1 aromatic carbocycles. The van der Waals surface area contributed by atoms with E-state index in [0.717, 1.165) is 47.4 Å². The number of methoxy groups -OCH3 is 1. The first kappa shape index (κ1) is 16.1. The zero-order valence-electron chi connectivity index (χ0n) is 14.9. The quantitative estimate of drug-likeness (QED) is 0.492. The second kappa shape index (κ2) is 5.41. The van der Waals surface area contributed by atoms with Gasteiger partial charge in [-0.3, -0.25) is 4.79 Å². The zero-order valence-corrected chi connectivity index (χ0v) is 15.9. The average Bonchev–Trinajstić information content (AvgIpc) is 2.98. The summed E-state index contributed by atoms with van der Waals surface area (Å²) in [6.07, 6.45) is 2.23. The summed E-state index contributed by atoms with van der Waals surface area (Å²) >= 11 is 0. The van der Waals surface area contributed by atoms with Gasteiger partial charge in [0.25, 0.3) is 0 Å². The Hall–Kier alpha value is -1.75. The van der Waals surface area contributed by atoms with Gasteiger partial charge < -0.3 is 14.0 Å². The number of fused-ring (bicyclic) bond motifs is 3. The van der Waals surface area contributed by atoms with E-state index >= 15 is 0 Å². The molecule has 3 rings (SSSR count). The summed E-state index contributed by atoms with van der Waals surface area (Å²) in [7, 11) is 0.0114. The molecule has 1 aliphatic rings. The predicted molar refractivity (Wildman–Crippen MR) is 95.8 cm³/mol. The van der Waals surface area contributed by atoms with Gasteiger partial charge in [0, 0.05) is 24.5 Å². The van der Waals surface area contributed by atoms with E-state index in [9.17, 15) is 4.79 Å². The lowest BCUT2D eigenvalue weighted by Crippen LogP contribution is -2.41. The molecule has 23 heavy (non-hydrogen) atoms. The molecular formula is C18H25NO3Si. The van der Waals surface area contributed by atoms with Crippen molar-refractivity contribution >= 4 is 30.1 Å². The summed E-state index contributed by atoms with van der Waals surface area (Å²) in [5.74, 6) is 1.43. The maximum absolute atomic E-state index is 11.7. The van der Waals surface area contributed by atoms with Crippen LogP contribution in [-0.2, 0) is 17.8 Å². The fourth-order valence-corrected chi connectivity index (χ4v) is 6.00. The number of hydrogen-bond donors (Lipinski definition) is 0. The molecule has 0 atom stereocenters. The molecule has 1 aliphatic heterocycles. The number of carbonyl (C=O) groups excluding carboxylic acids is 1. The van der Waals surface area contributed by atoms with Crippen molar-refractivity contribution in [3.05, 3.63) is 17.3 Å². The number of hydrogen-bond acceptors (Lipinski definition) is 3. The third-order valence-electron chi connectivity index (χ3n) is 4.60. The third kappa shape index (κ3) is 2.47. The van der Waals surface area contributed by atoms with Crippen LogP contribution in [-0.4, -0.2) is 25.7 Å². The minimum atomic E-state index is -1.72. The van der Waals surface area contributed by atoms with E-state index in [1.165, 1.54) is 17.8 Å². The molecule has 2 aromatic rings. The first-order valence-electron chi connectivity index (χ1n) is 8.17. The molecule has 0 aliphatic carbocycles. The average molecular weight is 331 g/mol. The molecule has 0 amide bonds. The van der Waals surface area contributed by atoms with Crippen LogP contribution < -0.4 is 14.7 Å². The van der Waals surface area contributed by atoms with E-state index in [4.69, 9.17) is 9.47 Å². The molecule has 2 heterocycles. The Morgan fingerprint density at radius 1 is 1.26 bits per heavy atom. The molecule has 1 aromatic heterocycles. The standard InChI is InChI=1S/C18H25NO3Si/c1-11-16(21-3)15-14(10-13-8-7-9-19(13)15)17(22-12(2)20)18(11)23(4,5)6/h10H,7-9H2,1-6H3. The van der Waals surface area contributed by atoms with Crippen LogP contribution in [0, 0.1) is 6.92 Å². The first-order chi connectivity index (χ1) is 10.8. The van der Waals surface area contributed by atoms with Gasteiger partial charge in [0.2, 0.25) is 0 Å². The van der Waals surface area contributed by atoms with Crippen molar-refractivity contribution in [1.82, 2.24) is 4.57 Å². The molecule has 5 heteroatoms. The predicted octanol–water partition coefficient (Wildman–Crippen LogP) is 3.38. The molecule has 4 nitrogen and oxygen atoms in total. The van der Waals surface area contributed by atoms with Gasteiger partial charge in [-0.2, -0.15) is 0 Å². The van der Waals surface area contributed by atoms with Gasteiger partial charge in [0.1, 0.15) is 11.5 Å². The molecular weight excluding hydrogens is 306 g/mol. The molecule has 0 bridgehead atoms. The number of nitrogens with zero attached hydrogens (tertiary/aromatic N) is 1. The summed E-state index contributed by atoms with van der Waals surface area (Å²) in [6.45, 7) is 11.4. The number of esters is 1. The highest BCUT2D eigenvalue weighted by Gasteiger charge is 2.32. The highest BCUT2D eigenvalue weighted by Crippen LogP contribution is 2.40. The Kier molecular flexibility index (Phi) is 3.79. The number of ether oxygens (including phenoxy) is 2. The minimum absolute atomic E-state index is 0.262. The van der Waals surface area contributed by atoms with Gasteiger partial charge in [-0.15, -0.1) is 0 Å². The lowest BCUT2D eigenvalue weighted by atomic mass is 10.1. The maximum atomic E-state index is 11.7. The fraction of sp³-hybridized carbons (Fsp3) is 0.500. The van der Waals surface area contributed by atoms with E-state index in [2.05, 4.69) is 37.2 Å². The lowest BCUT2D eigenvalue weighted by Gasteiger charge is -2.25. The van der Waals surface area contributed by atoms with Gasteiger partial charge in [-0.05, 0) is 36.6 Å². The normalized spacial score (nSPS) is 14.2. The summed E-state index contributed by atoms with van der Waals surface area (Å²) in [4.78, 5) is 11.7. The van der Waals surface area contributed by atoms with Crippen molar-refractivity contribution in [2.75, 3.05) is 7.11 Å². The van der Waals surface area contributed by atoms with Gasteiger partial charge in [-0.1, -0.05) is 19.6 Å². The number of benzene rings is 1. The number of aromatic nitrogens is 1. The highest BCUT2D eigenvalue weighted by molar-refractivity contribution is 6.90. The molecule has 124 valence electrons. The van der Waals surface area contributed by atoms with Gasteiger partial charge in [0.15, 0.2) is 0 Å². The van der Waals surface area contributed by atoms with E-state index in [1.807, 2.05) is 0 Å². The van der Waals surface area contributed by atoms with Crippen molar-refractivity contribution in [3.63, 3.8) is 0 Å². The van der Waals surface area contributed by atoms with E-state index in [-0.39, 0.29) is 5.97 Å². The largest absolute Gasteiger partial charge is 0.494 e. The molecule has 0 spiro atoms. The van der Waals surface area contributed by atoms with Crippen LogP contribution in [0.15, 0.2) is 6.07 Å². The Labute approximate surface area is 138 Å². The van der Waals surface area contributed by atoms with Crippen molar-refractivity contribution in [1.29, 1.82) is 0 Å². The van der Waals surface area contributed by atoms with Crippen molar-refractivity contribution in [2.45, 2.75) is 52.9 Å². The Balaban J connectivity index is 2.46. The van der Waals surface area contributed by atoms with E-state index in [0.29, 0.717) is 0 Å². The smallest absolute Gasteiger partial charge is 0.308 e. The third-order valence-corrected chi connectivity index (χ3v) is 6.70. The molecule has 0 fully saturated rings. The first-order valence-corrected chi connectivity index (χ1v) is 11.7. The van der Waals surface area contributed by atoms with Crippen molar-refractivity contribution in [2.24, 2.45) is 0 Å². The minimum Gasteiger partial charge on any atom is -0.494 e. The summed E-state index contributed by atoms with van der Waals surface area (Å²) < 4.78 is 13.8. The zero-order chi connectivity index (χ0) is 16.9. The fourth-order valence-electron chi connectivity index (χ4n) is 3.90. The van der Waals surface area contributed by atoms with Crippen LogP contribution in [0.1, 0.15) is 24.6 Å². The van der Waals surface area contributed by atoms with Crippen LogP contribution >= 0.6 is 0 Å². The van der Waals surface area contributed by atoms with Crippen molar-refractivity contribution in [3.8, 4) is 11.5 Å². The number of rotatable bonds is 3. The highest BCUT2D eigenvalue weighted by atomic mass is 28.3. The van der Waals surface area contributed by atoms with E-state index in [1.54, 1.807) is 7.11 Å². The Morgan fingerprint density at radius 2 is 1.96 bits per heavy atom. The molecule has 0 saturated carbocycles. The topological polar surface area (TPSA) is 40.5 Å². The molecule has 0 saturated heterocycles. The van der Waals surface area contributed by atoms with Crippen molar-refractivity contribution < 1.29 is 14.3 Å². The second-order valence-electron chi connectivity index (χ2n) is 7.36. The maximum Gasteiger partial charge on any atom is 0.308 e. The summed E-state index contributed by atoms with van der Waals surface area (Å²) in [5, 5.41) is 2.20. The number of aryl methyl sites for hydroxylation is 2. The van der Waals surface area contributed by atoms with Gasteiger partial charge in [0.05, 0.1) is 20.7 Å². The lowest BCUT2D eigenvalue weighted by molar-refractivity contribution is -0.131. The van der Waals surface area contributed by atoms with Crippen LogP contribution in [0.2, 0.25) is 19.6 Å². The van der Waals surface area contributed by atoms with Crippen LogP contribution in [0.4, 0.5) is 0 Å². The van der Waals surface area contributed by atoms with Gasteiger partial charge >= 0.3 is 5.97 Å². The second-order valence-corrected chi connectivity index (χ2v) is 12.4. The van der Waals surface area contributed by atoms with Gasteiger partial charge in [-0.25, -0.2) is 0 Å².